The van der Waals surface area contributed by atoms with Gasteiger partial charge in [0.25, 0.3) is 0 Å². The quantitative estimate of drug-likeness (QED) is 0.849. The number of pyridine rings is 1. The summed E-state index contributed by atoms with van der Waals surface area (Å²) in [6, 6.07) is 4.12. The van der Waals surface area contributed by atoms with Crippen molar-refractivity contribution in [2.24, 2.45) is 0 Å². The summed E-state index contributed by atoms with van der Waals surface area (Å²) in [5, 5.41) is 3.36. The molecule has 0 radical (unpaired) electrons. The van der Waals surface area contributed by atoms with Crippen molar-refractivity contribution in [3.63, 3.8) is 0 Å². The van der Waals surface area contributed by atoms with E-state index < -0.39 is 0 Å². The van der Waals surface area contributed by atoms with Gasteiger partial charge in [0.05, 0.1) is 5.69 Å². The van der Waals surface area contributed by atoms with E-state index in [0.717, 1.165) is 37.6 Å². The van der Waals surface area contributed by atoms with Gasteiger partial charge >= 0.3 is 0 Å². The fourth-order valence-electron chi connectivity index (χ4n) is 1.89. The molecule has 4 nitrogen and oxygen atoms in total. The summed E-state index contributed by atoms with van der Waals surface area (Å²) in [6.07, 6.45) is 7.88. The van der Waals surface area contributed by atoms with Gasteiger partial charge in [-0.15, -0.1) is 0 Å². The minimum absolute atomic E-state index is 0.941. The first kappa shape index (κ1) is 12.6. The second-order valence-electron chi connectivity index (χ2n) is 4.43. The average molecular weight is 244 g/mol. The van der Waals surface area contributed by atoms with E-state index in [1.54, 1.807) is 0 Å². The summed E-state index contributed by atoms with van der Waals surface area (Å²) < 4.78 is 2.19. The Labute approximate surface area is 108 Å². The van der Waals surface area contributed by atoms with E-state index in [4.69, 9.17) is 0 Å². The van der Waals surface area contributed by atoms with Crippen molar-refractivity contribution in [3.05, 3.63) is 42.0 Å². The summed E-state index contributed by atoms with van der Waals surface area (Å²) >= 11 is 0. The van der Waals surface area contributed by atoms with E-state index in [1.807, 2.05) is 19.3 Å². The Morgan fingerprint density at radius 2 is 2.06 bits per heavy atom. The first-order valence-corrected chi connectivity index (χ1v) is 6.46. The number of imidazole rings is 1. The summed E-state index contributed by atoms with van der Waals surface area (Å²) in [4.78, 5) is 8.53. The van der Waals surface area contributed by atoms with Crippen LogP contribution in [0, 0.1) is 6.92 Å². The molecule has 4 heteroatoms. The Kier molecular flexibility index (Phi) is 4.34. The summed E-state index contributed by atoms with van der Waals surface area (Å²) in [7, 11) is 0. The third-order valence-electron chi connectivity index (χ3n) is 2.82. The van der Waals surface area contributed by atoms with Crippen LogP contribution in [0.15, 0.2) is 30.7 Å². The predicted molar refractivity (Wildman–Crippen MR) is 73.7 cm³/mol. The van der Waals surface area contributed by atoms with Crippen LogP contribution in [0.3, 0.4) is 0 Å². The van der Waals surface area contributed by atoms with Gasteiger partial charge in [-0.05, 0) is 37.5 Å². The van der Waals surface area contributed by atoms with Crippen molar-refractivity contribution < 1.29 is 0 Å². The van der Waals surface area contributed by atoms with Gasteiger partial charge in [-0.3, -0.25) is 4.98 Å². The molecule has 1 N–H and O–H groups in total. The van der Waals surface area contributed by atoms with Crippen LogP contribution in [0.25, 0.3) is 0 Å². The maximum Gasteiger partial charge on any atom is 0.203 e. The zero-order valence-corrected chi connectivity index (χ0v) is 11.1. The molecule has 2 aromatic rings. The number of nitrogens with one attached hydrogen (secondary N) is 1. The summed E-state index contributed by atoms with van der Waals surface area (Å²) in [5.41, 5.74) is 2.36. The van der Waals surface area contributed by atoms with Crippen molar-refractivity contribution in [1.29, 1.82) is 0 Å². The van der Waals surface area contributed by atoms with Gasteiger partial charge < -0.3 is 9.88 Å². The van der Waals surface area contributed by atoms with Crippen LogP contribution < -0.4 is 5.32 Å². The first-order valence-electron chi connectivity index (χ1n) is 6.46. The van der Waals surface area contributed by atoms with Crippen molar-refractivity contribution >= 4 is 5.95 Å². The fourth-order valence-corrected chi connectivity index (χ4v) is 1.89. The lowest BCUT2D eigenvalue weighted by molar-refractivity contribution is 0.697. The van der Waals surface area contributed by atoms with E-state index >= 15 is 0 Å². The Morgan fingerprint density at radius 3 is 2.78 bits per heavy atom. The van der Waals surface area contributed by atoms with Crippen LogP contribution in [0.2, 0.25) is 0 Å². The lowest BCUT2D eigenvalue weighted by atomic mass is 10.2. The molecular formula is C14H20N4. The lowest BCUT2D eigenvalue weighted by Crippen LogP contribution is -2.09. The Morgan fingerprint density at radius 1 is 1.28 bits per heavy atom. The molecule has 0 aliphatic heterocycles. The van der Waals surface area contributed by atoms with E-state index in [9.17, 15) is 0 Å². The minimum atomic E-state index is 0.941. The average Bonchev–Trinajstić information content (AvgIpc) is 2.75. The van der Waals surface area contributed by atoms with Gasteiger partial charge in [0.2, 0.25) is 5.95 Å². The number of rotatable bonds is 6. The summed E-state index contributed by atoms with van der Waals surface area (Å²) in [5.74, 6) is 0.975. The largest absolute Gasteiger partial charge is 0.356 e. The zero-order valence-electron chi connectivity index (χ0n) is 11.1. The topological polar surface area (TPSA) is 42.7 Å². The molecular weight excluding hydrogens is 224 g/mol. The fraction of sp³-hybridized carbons (Fsp3) is 0.429. The molecule has 0 aromatic carbocycles. The smallest absolute Gasteiger partial charge is 0.203 e. The van der Waals surface area contributed by atoms with E-state index in [-0.39, 0.29) is 0 Å². The Bertz CT molecular complexity index is 476. The van der Waals surface area contributed by atoms with E-state index in [2.05, 4.69) is 45.1 Å². The molecule has 0 aliphatic carbocycles. The maximum atomic E-state index is 4.50. The predicted octanol–water partition coefficient (Wildman–Crippen LogP) is 2.65. The first-order chi connectivity index (χ1) is 8.79. The van der Waals surface area contributed by atoms with E-state index in [0.29, 0.717) is 0 Å². The Hall–Kier alpha value is -1.84. The van der Waals surface area contributed by atoms with Gasteiger partial charge in [-0.25, -0.2) is 4.98 Å². The zero-order chi connectivity index (χ0) is 12.8. The molecule has 2 rings (SSSR count). The van der Waals surface area contributed by atoms with E-state index in [1.165, 1.54) is 5.56 Å². The van der Waals surface area contributed by atoms with Gasteiger partial charge in [0.1, 0.15) is 0 Å². The molecule has 0 fully saturated rings. The molecule has 96 valence electrons. The molecule has 0 bridgehead atoms. The van der Waals surface area contributed by atoms with Crippen LogP contribution in [0.1, 0.15) is 24.6 Å². The van der Waals surface area contributed by atoms with Gasteiger partial charge in [-0.2, -0.15) is 0 Å². The SMILES string of the molecule is CCCNc1nc(C)cn1CCc1ccncc1. The standard InChI is InChI=1S/C14H20N4/c1-3-7-16-14-17-12(2)11-18(14)10-6-13-4-8-15-9-5-13/h4-5,8-9,11H,3,6-7,10H2,1-2H3,(H,16,17). The lowest BCUT2D eigenvalue weighted by Gasteiger charge is -2.08. The number of anilines is 1. The number of aryl methyl sites for hydroxylation is 3. The normalized spacial score (nSPS) is 10.6. The van der Waals surface area contributed by atoms with Gasteiger partial charge in [0, 0.05) is 31.7 Å². The van der Waals surface area contributed by atoms with Gasteiger partial charge in [-0.1, -0.05) is 6.92 Å². The summed E-state index contributed by atoms with van der Waals surface area (Å²) in [6.45, 7) is 6.09. The molecule has 0 aliphatic rings. The number of aromatic nitrogens is 3. The number of hydrogen-bond donors (Lipinski definition) is 1. The highest BCUT2D eigenvalue weighted by Crippen LogP contribution is 2.10. The third kappa shape index (κ3) is 3.32. The molecule has 18 heavy (non-hydrogen) atoms. The number of hydrogen-bond acceptors (Lipinski definition) is 3. The molecule has 0 atom stereocenters. The molecule has 0 spiro atoms. The second kappa shape index (κ2) is 6.19. The van der Waals surface area contributed by atoms with Crippen LogP contribution in [-0.4, -0.2) is 21.1 Å². The van der Waals surface area contributed by atoms with Crippen LogP contribution in [-0.2, 0) is 13.0 Å². The van der Waals surface area contributed by atoms with Crippen LogP contribution in [0.4, 0.5) is 5.95 Å². The monoisotopic (exact) mass is 244 g/mol. The van der Waals surface area contributed by atoms with Gasteiger partial charge in [0.15, 0.2) is 0 Å². The van der Waals surface area contributed by atoms with Crippen LogP contribution >= 0.6 is 0 Å². The van der Waals surface area contributed by atoms with Crippen molar-refractivity contribution in [3.8, 4) is 0 Å². The van der Waals surface area contributed by atoms with Crippen molar-refractivity contribution in [2.75, 3.05) is 11.9 Å². The molecule has 2 aromatic heterocycles. The van der Waals surface area contributed by atoms with Crippen LogP contribution in [0.5, 0.6) is 0 Å². The second-order valence-corrected chi connectivity index (χ2v) is 4.43. The highest BCUT2D eigenvalue weighted by Gasteiger charge is 2.04. The molecule has 2 heterocycles. The minimum Gasteiger partial charge on any atom is -0.356 e. The molecule has 0 saturated heterocycles. The molecule has 0 saturated carbocycles. The highest BCUT2D eigenvalue weighted by atomic mass is 15.2. The van der Waals surface area contributed by atoms with Crippen molar-refractivity contribution in [1.82, 2.24) is 14.5 Å². The Balaban J connectivity index is 2.00. The molecule has 0 amide bonds. The highest BCUT2D eigenvalue weighted by molar-refractivity contribution is 5.28. The molecule has 0 unspecified atom stereocenters. The third-order valence-corrected chi connectivity index (χ3v) is 2.82. The van der Waals surface area contributed by atoms with Crippen molar-refractivity contribution in [2.45, 2.75) is 33.2 Å². The number of nitrogens with zero attached hydrogens (tertiary/aromatic N) is 3. The maximum absolute atomic E-state index is 4.50.